The number of esters is 6. The standard InChI is InChI=1S/C26H32O8.C13H16O4/c1-6-13-25(21(27)31-7-2,22(28)32-8-3)15-18-11-12-19-16-26(17-20(19)14-18,23(29)33-9-4)24(30)34-10-5;1-5-9-13(10-6-2,11(14)16-7-3)12(15)17-8-4/h1,11-12,14H,7-10,13,15-17H2,2-5H3;1-2H,7-10H2,3-4H3. The Kier molecular flexibility index (Phi) is 18.1. The van der Waals surface area contributed by atoms with Gasteiger partial charge in [0.15, 0.2) is 16.2 Å². The zero-order valence-electron chi connectivity index (χ0n) is 30.3. The molecule has 12 nitrogen and oxygen atoms in total. The topological polar surface area (TPSA) is 158 Å². The van der Waals surface area contributed by atoms with Crippen LogP contribution in [0.25, 0.3) is 0 Å². The Morgan fingerprint density at radius 1 is 0.569 bits per heavy atom. The zero-order valence-corrected chi connectivity index (χ0v) is 30.3. The highest BCUT2D eigenvalue weighted by molar-refractivity contribution is 6.02. The van der Waals surface area contributed by atoms with Crippen molar-refractivity contribution >= 4 is 35.8 Å². The van der Waals surface area contributed by atoms with Gasteiger partial charge < -0.3 is 28.4 Å². The molecule has 1 aliphatic rings. The summed E-state index contributed by atoms with van der Waals surface area (Å²) in [6, 6.07) is 5.30. The summed E-state index contributed by atoms with van der Waals surface area (Å²) >= 11 is 0. The normalized spacial score (nSPS) is 12.5. The number of carbonyl (C=O) groups is 6. The fourth-order valence-corrected chi connectivity index (χ4v) is 5.57. The minimum atomic E-state index is -1.70. The van der Waals surface area contributed by atoms with Gasteiger partial charge in [0.1, 0.15) is 0 Å². The highest BCUT2D eigenvalue weighted by Crippen LogP contribution is 2.41. The molecule has 0 atom stereocenters. The van der Waals surface area contributed by atoms with Crippen LogP contribution in [-0.4, -0.2) is 75.5 Å². The van der Waals surface area contributed by atoms with Crippen LogP contribution in [0.5, 0.6) is 0 Å². The van der Waals surface area contributed by atoms with E-state index in [1.54, 1.807) is 59.7 Å². The molecular weight excluding hydrogens is 660 g/mol. The Balaban J connectivity index is 0.000000645. The molecule has 1 aromatic rings. The van der Waals surface area contributed by atoms with E-state index >= 15 is 0 Å². The minimum absolute atomic E-state index is 0.0477. The number of terminal acetylenes is 3. The smallest absolute Gasteiger partial charge is 0.325 e. The predicted octanol–water partition coefficient (Wildman–Crippen LogP) is 3.72. The van der Waals surface area contributed by atoms with E-state index in [2.05, 4.69) is 17.8 Å². The molecule has 0 saturated heterocycles. The molecule has 276 valence electrons. The molecule has 1 aliphatic carbocycles. The molecule has 51 heavy (non-hydrogen) atoms. The summed E-state index contributed by atoms with van der Waals surface area (Å²) in [6.45, 7) is 10.6. The van der Waals surface area contributed by atoms with Crippen molar-refractivity contribution in [2.24, 2.45) is 16.2 Å². The van der Waals surface area contributed by atoms with E-state index in [4.69, 9.17) is 47.7 Å². The number of hydrogen-bond donors (Lipinski definition) is 0. The number of ether oxygens (including phenoxy) is 6. The van der Waals surface area contributed by atoms with Crippen molar-refractivity contribution in [1.29, 1.82) is 0 Å². The number of fused-ring (bicyclic) bond motifs is 1. The third kappa shape index (κ3) is 10.4. The highest BCUT2D eigenvalue weighted by atomic mass is 16.6. The molecule has 0 aromatic heterocycles. The van der Waals surface area contributed by atoms with Gasteiger partial charge in [0.05, 0.1) is 39.6 Å². The van der Waals surface area contributed by atoms with Gasteiger partial charge in [-0.2, -0.15) is 0 Å². The van der Waals surface area contributed by atoms with Gasteiger partial charge >= 0.3 is 35.8 Å². The van der Waals surface area contributed by atoms with Gasteiger partial charge in [0, 0.05) is 25.7 Å². The van der Waals surface area contributed by atoms with Crippen molar-refractivity contribution in [3.63, 3.8) is 0 Å². The van der Waals surface area contributed by atoms with Crippen molar-refractivity contribution in [2.45, 2.75) is 80.1 Å². The van der Waals surface area contributed by atoms with Crippen LogP contribution in [0.2, 0.25) is 0 Å². The highest BCUT2D eigenvalue weighted by Gasteiger charge is 2.54. The Morgan fingerprint density at radius 2 is 0.922 bits per heavy atom. The van der Waals surface area contributed by atoms with Crippen LogP contribution < -0.4 is 0 Å². The molecule has 0 N–H and O–H groups in total. The summed E-state index contributed by atoms with van der Waals surface area (Å²) in [5, 5.41) is 0. The van der Waals surface area contributed by atoms with E-state index < -0.39 is 52.1 Å². The van der Waals surface area contributed by atoms with Crippen LogP contribution in [0, 0.1) is 53.3 Å². The van der Waals surface area contributed by atoms with Gasteiger partial charge in [-0.1, -0.05) is 18.2 Å². The van der Waals surface area contributed by atoms with E-state index in [9.17, 15) is 28.8 Å². The molecule has 2 rings (SSSR count). The number of hydrogen-bond acceptors (Lipinski definition) is 12. The Morgan fingerprint density at radius 3 is 1.29 bits per heavy atom. The van der Waals surface area contributed by atoms with Crippen LogP contribution in [0.4, 0.5) is 0 Å². The largest absolute Gasteiger partial charge is 0.465 e. The third-order valence-electron chi connectivity index (χ3n) is 7.97. The number of benzene rings is 1. The van der Waals surface area contributed by atoms with Crippen molar-refractivity contribution < 1.29 is 57.2 Å². The second kappa shape index (κ2) is 21.1. The van der Waals surface area contributed by atoms with Gasteiger partial charge in [-0.25, -0.2) is 0 Å². The maximum atomic E-state index is 12.9. The van der Waals surface area contributed by atoms with Crippen LogP contribution >= 0.6 is 0 Å². The molecule has 0 fully saturated rings. The molecule has 0 saturated carbocycles. The molecule has 0 heterocycles. The number of rotatable bonds is 17. The zero-order chi connectivity index (χ0) is 38.7. The quantitative estimate of drug-likeness (QED) is 0.100. The number of carbonyl (C=O) groups excluding carboxylic acids is 6. The SMILES string of the molecule is C#CCC(CC#C)(C(=O)OCC)C(=O)OCC.C#CCC(Cc1ccc2c(c1)CC(C(=O)OCC)(C(=O)OCC)C2)(C(=O)OCC)C(=O)OCC. The summed E-state index contributed by atoms with van der Waals surface area (Å²) in [4.78, 5) is 75.1. The molecule has 0 amide bonds. The van der Waals surface area contributed by atoms with E-state index in [0.717, 1.165) is 11.1 Å². The molecule has 0 radical (unpaired) electrons. The first-order chi connectivity index (χ1) is 24.3. The van der Waals surface area contributed by atoms with E-state index in [1.807, 2.05) is 0 Å². The first kappa shape index (κ1) is 43.7. The second-order valence-corrected chi connectivity index (χ2v) is 11.3. The van der Waals surface area contributed by atoms with Crippen molar-refractivity contribution in [1.82, 2.24) is 0 Å². The maximum absolute atomic E-state index is 12.9. The first-order valence-corrected chi connectivity index (χ1v) is 16.8. The maximum Gasteiger partial charge on any atom is 0.325 e. The fraction of sp³-hybridized carbons (Fsp3) is 0.538. The van der Waals surface area contributed by atoms with Gasteiger partial charge in [0.2, 0.25) is 0 Å². The second-order valence-electron chi connectivity index (χ2n) is 11.3. The molecule has 0 unspecified atom stereocenters. The van der Waals surface area contributed by atoms with E-state index in [-0.39, 0.29) is 78.2 Å². The fourth-order valence-electron chi connectivity index (χ4n) is 5.57. The lowest BCUT2D eigenvalue weighted by Gasteiger charge is -2.27. The van der Waals surface area contributed by atoms with E-state index in [0.29, 0.717) is 5.56 Å². The van der Waals surface area contributed by atoms with Crippen LogP contribution in [0.3, 0.4) is 0 Å². The van der Waals surface area contributed by atoms with Crippen molar-refractivity contribution in [2.75, 3.05) is 39.6 Å². The Labute approximate surface area is 300 Å². The Hall–Kier alpha value is -5.28. The monoisotopic (exact) mass is 708 g/mol. The first-order valence-electron chi connectivity index (χ1n) is 16.8. The lowest BCUT2D eigenvalue weighted by molar-refractivity contribution is -0.173. The van der Waals surface area contributed by atoms with Crippen LogP contribution in [0.15, 0.2) is 18.2 Å². The summed E-state index contributed by atoms with van der Waals surface area (Å²) < 4.78 is 30.5. The van der Waals surface area contributed by atoms with Crippen molar-refractivity contribution in [3.8, 4) is 37.0 Å². The van der Waals surface area contributed by atoms with Gasteiger partial charge in [0.25, 0.3) is 0 Å². The minimum Gasteiger partial charge on any atom is -0.465 e. The van der Waals surface area contributed by atoms with E-state index in [1.165, 1.54) is 0 Å². The average molecular weight is 709 g/mol. The lowest BCUT2D eigenvalue weighted by Crippen LogP contribution is -2.44. The summed E-state index contributed by atoms with van der Waals surface area (Å²) in [7, 11) is 0. The molecule has 1 aromatic carbocycles. The molecule has 12 heteroatoms. The van der Waals surface area contributed by atoms with Crippen LogP contribution in [-0.2, 0) is 76.5 Å². The molecule has 0 aliphatic heterocycles. The van der Waals surface area contributed by atoms with Crippen molar-refractivity contribution in [3.05, 3.63) is 34.9 Å². The summed E-state index contributed by atoms with van der Waals surface area (Å²) in [5.41, 5.74) is -2.59. The van der Waals surface area contributed by atoms with Gasteiger partial charge in [-0.05, 0) is 71.1 Å². The third-order valence-corrected chi connectivity index (χ3v) is 7.97. The molecule has 0 spiro atoms. The Bertz CT molecular complexity index is 1460. The lowest BCUT2D eigenvalue weighted by atomic mass is 9.78. The molecular formula is C39H48O12. The van der Waals surface area contributed by atoms with Crippen LogP contribution in [0.1, 0.15) is 77.5 Å². The van der Waals surface area contributed by atoms with Gasteiger partial charge in [-0.3, -0.25) is 28.8 Å². The summed E-state index contributed by atoms with van der Waals surface area (Å²) in [5.74, 6) is 2.73. The summed E-state index contributed by atoms with van der Waals surface area (Å²) in [6.07, 6.45) is 15.6. The predicted molar refractivity (Wildman–Crippen MR) is 185 cm³/mol. The van der Waals surface area contributed by atoms with Gasteiger partial charge in [-0.15, -0.1) is 37.0 Å². The molecule has 0 bridgehead atoms. The average Bonchev–Trinajstić information content (AvgIpc) is 3.49.